The van der Waals surface area contributed by atoms with Gasteiger partial charge in [-0.15, -0.1) is 0 Å². The first kappa shape index (κ1) is 19.2. The fraction of sp³-hybridized carbons (Fsp3) is 0.786. The molecule has 7 nitrogen and oxygen atoms in total. The molecule has 2 amide bonds. The summed E-state index contributed by atoms with van der Waals surface area (Å²) in [6.07, 6.45) is 0.281. The number of carbonyl (C=O) groups excluding carboxylic acids is 2. The molecule has 21 heavy (non-hydrogen) atoms. The summed E-state index contributed by atoms with van der Waals surface area (Å²) in [5, 5.41) is 14.0. The number of carboxylic acids is 1. The summed E-state index contributed by atoms with van der Waals surface area (Å²) in [4.78, 5) is 34.3. The van der Waals surface area contributed by atoms with Crippen LogP contribution in [-0.2, 0) is 14.3 Å². The van der Waals surface area contributed by atoms with Gasteiger partial charge in [0.15, 0.2) is 0 Å². The Morgan fingerprint density at radius 1 is 1.10 bits per heavy atom. The standard InChI is InChI=1S/C14H26N2O5/c1-8(2)6-11(13(19)21-5)16-14(20)15-10(9(3)4)7-12(17)18/h8-11H,6-7H2,1-5H3,(H,17,18)(H2,15,16,20). The molecule has 0 bridgehead atoms. The van der Waals surface area contributed by atoms with Gasteiger partial charge in [0.25, 0.3) is 0 Å². The molecule has 0 spiro atoms. The summed E-state index contributed by atoms with van der Waals surface area (Å²) in [7, 11) is 1.26. The van der Waals surface area contributed by atoms with Crippen molar-refractivity contribution >= 4 is 18.0 Å². The molecule has 0 aliphatic rings. The van der Waals surface area contributed by atoms with E-state index in [0.717, 1.165) is 0 Å². The van der Waals surface area contributed by atoms with Crippen LogP contribution in [0.25, 0.3) is 0 Å². The van der Waals surface area contributed by atoms with Crippen LogP contribution in [0.1, 0.15) is 40.5 Å². The van der Waals surface area contributed by atoms with Crippen molar-refractivity contribution in [3.8, 4) is 0 Å². The number of ether oxygens (including phenoxy) is 1. The quantitative estimate of drug-likeness (QED) is 0.587. The van der Waals surface area contributed by atoms with Crippen LogP contribution in [0, 0.1) is 11.8 Å². The van der Waals surface area contributed by atoms with Gasteiger partial charge in [-0.1, -0.05) is 27.7 Å². The highest BCUT2D eigenvalue weighted by atomic mass is 16.5. The molecule has 0 aromatic rings. The normalized spacial score (nSPS) is 13.7. The van der Waals surface area contributed by atoms with Crippen LogP contribution in [0.4, 0.5) is 4.79 Å². The second-order valence-corrected chi connectivity index (χ2v) is 5.77. The third-order valence-electron chi connectivity index (χ3n) is 3.01. The molecule has 122 valence electrons. The van der Waals surface area contributed by atoms with Crippen LogP contribution >= 0.6 is 0 Å². The van der Waals surface area contributed by atoms with E-state index in [1.807, 2.05) is 27.7 Å². The maximum Gasteiger partial charge on any atom is 0.328 e. The maximum atomic E-state index is 11.9. The lowest BCUT2D eigenvalue weighted by Gasteiger charge is -2.23. The van der Waals surface area contributed by atoms with E-state index < -0.39 is 30.1 Å². The Kier molecular flexibility index (Phi) is 8.42. The number of methoxy groups -OCH3 is 1. The first-order valence-electron chi connectivity index (χ1n) is 7.04. The predicted molar refractivity (Wildman–Crippen MR) is 77.8 cm³/mol. The Bertz CT molecular complexity index is 368. The molecule has 7 heteroatoms. The largest absolute Gasteiger partial charge is 0.481 e. The molecule has 2 unspecified atom stereocenters. The number of carboxylic acid groups (broad SMARTS) is 1. The number of nitrogens with one attached hydrogen (secondary N) is 2. The summed E-state index contributed by atoms with van der Waals surface area (Å²) in [6.45, 7) is 7.49. The van der Waals surface area contributed by atoms with E-state index in [0.29, 0.717) is 6.42 Å². The molecule has 3 N–H and O–H groups in total. The number of amides is 2. The minimum absolute atomic E-state index is 0.0338. The lowest BCUT2D eigenvalue weighted by Crippen LogP contribution is -2.51. The molecule has 0 saturated heterocycles. The van der Waals surface area contributed by atoms with Gasteiger partial charge in [0, 0.05) is 6.04 Å². The number of urea groups is 1. The Morgan fingerprint density at radius 2 is 1.67 bits per heavy atom. The van der Waals surface area contributed by atoms with Gasteiger partial charge in [-0.05, 0) is 18.3 Å². The highest BCUT2D eigenvalue weighted by Crippen LogP contribution is 2.08. The van der Waals surface area contributed by atoms with Crippen molar-refractivity contribution < 1.29 is 24.2 Å². The van der Waals surface area contributed by atoms with Gasteiger partial charge >= 0.3 is 18.0 Å². The number of carbonyl (C=O) groups is 3. The number of hydrogen-bond donors (Lipinski definition) is 3. The highest BCUT2D eigenvalue weighted by molar-refractivity contribution is 5.83. The van der Waals surface area contributed by atoms with Crippen LogP contribution in [-0.4, -0.2) is 42.3 Å². The van der Waals surface area contributed by atoms with E-state index in [4.69, 9.17) is 5.11 Å². The van der Waals surface area contributed by atoms with Crippen LogP contribution < -0.4 is 10.6 Å². The molecule has 0 saturated carbocycles. The Morgan fingerprint density at radius 3 is 2.05 bits per heavy atom. The minimum atomic E-state index is -0.985. The zero-order chi connectivity index (χ0) is 16.6. The predicted octanol–water partition coefficient (Wildman–Crippen LogP) is 1.37. The van der Waals surface area contributed by atoms with Crippen molar-refractivity contribution in [2.24, 2.45) is 11.8 Å². The van der Waals surface area contributed by atoms with Crippen LogP contribution in [0.15, 0.2) is 0 Å². The molecule has 2 atom stereocenters. The number of aliphatic carboxylic acids is 1. The van der Waals surface area contributed by atoms with Crippen molar-refractivity contribution in [2.45, 2.75) is 52.6 Å². The first-order chi connectivity index (χ1) is 9.67. The van der Waals surface area contributed by atoms with E-state index in [2.05, 4.69) is 15.4 Å². The SMILES string of the molecule is COC(=O)C(CC(C)C)NC(=O)NC(CC(=O)O)C(C)C. The van der Waals surface area contributed by atoms with Crippen LogP contribution in [0.5, 0.6) is 0 Å². The van der Waals surface area contributed by atoms with Crippen molar-refractivity contribution in [1.29, 1.82) is 0 Å². The second-order valence-electron chi connectivity index (χ2n) is 5.77. The van der Waals surface area contributed by atoms with Gasteiger partial charge in [0.1, 0.15) is 6.04 Å². The molecular weight excluding hydrogens is 276 g/mol. The second kappa shape index (κ2) is 9.20. The average Bonchev–Trinajstić information content (AvgIpc) is 2.34. The van der Waals surface area contributed by atoms with Crippen LogP contribution in [0.3, 0.4) is 0 Å². The molecule has 0 aromatic heterocycles. The minimum Gasteiger partial charge on any atom is -0.481 e. The van der Waals surface area contributed by atoms with Crippen LogP contribution in [0.2, 0.25) is 0 Å². The number of rotatable bonds is 8. The molecular formula is C14H26N2O5. The van der Waals surface area contributed by atoms with Gasteiger partial charge in [-0.2, -0.15) is 0 Å². The Labute approximate surface area is 125 Å². The topological polar surface area (TPSA) is 105 Å². The van der Waals surface area contributed by atoms with E-state index in [-0.39, 0.29) is 18.3 Å². The third-order valence-corrected chi connectivity index (χ3v) is 3.01. The Hall–Kier alpha value is -1.79. The van der Waals surface area contributed by atoms with Gasteiger partial charge < -0.3 is 20.5 Å². The summed E-state index contributed by atoms with van der Waals surface area (Å²) in [5.41, 5.74) is 0. The molecule has 0 aliphatic carbocycles. The fourth-order valence-electron chi connectivity index (χ4n) is 1.84. The monoisotopic (exact) mass is 302 g/mol. The van der Waals surface area contributed by atoms with Crippen molar-refractivity contribution in [1.82, 2.24) is 10.6 Å². The van der Waals surface area contributed by atoms with E-state index in [1.54, 1.807) is 0 Å². The fourth-order valence-corrected chi connectivity index (χ4v) is 1.84. The van der Waals surface area contributed by atoms with E-state index in [9.17, 15) is 14.4 Å². The zero-order valence-electron chi connectivity index (χ0n) is 13.3. The summed E-state index contributed by atoms with van der Waals surface area (Å²) < 4.78 is 4.66. The summed E-state index contributed by atoms with van der Waals surface area (Å²) >= 11 is 0. The summed E-state index contributed by atoms with van der Waals surface area (Å²) in [6, 6.07) is -1.81. The lowest BCUT2D eigenvalue weighted by atomic mass is 10.0. The van der Waals surface area contributed by atoms with Gasteiger partial charge in [-0.3, -0.25) is 4.79 Å². The molecule has 0 heterocycles. The molecule has 0 aromatic carbocycles. The van der Waals surface area contributed by atoms with Crippen molar-refractivity contribution in [3.63, 3.8) is 0 Å². The number of hydrogen-bond acceptors (Lipinski definition) is 4. The van der Waals surface area contributed by atoms with E-state index >= 15 is 0 Å². The first-order valence-corrected chi connectivity index (χ1v) is 7.04. The summed E-state index contributed by atoms with van der Waals surface area (Å²) in [5.74, 6) is -1.33. The molecule has 0 fully saturated rings. The molecule has 0 aliphatic heterocycles. The van der Waals surface area contributed by atoms with E-state index in [1.165, 1.54) is 7.11 Å². The smallest absolute Gasteiger partial charge is 0.328 e. The van der Waals surface area contributed by atoms with Crippen molar-refractivity contribution in [3.05, 3.63) is 0 Å². The Balaban J connectivity index is 4.66. The molecule has 0 rings (SSSR count). The maximum absolute atomic E-state index is 11.9. The van der Waals surface area contributed by atoms with Gasteiger partial charge in [-0.25, -0.2) is 9.59 Å². The highest BCUT2D eigenvalue weighted by Gasteiger charge is 2.25. The van der Waals surface area contributed by atoms with Gasteiger partial charge in [0.05, 0.1) is 13.5 Å². The zero-order valence-corrected chi connectivity index (χ0v) is 13.3. The average molecular weight is 302 g/mol. The number of esters is 1. The van der Waals surface area contributed by atoms with Crippen molar-refractivity contribution in [2.75, 3.05) is 7.11 Å². The third kappa shape index (κ3) is 8.16. The van der Waals surface area contributed by atoms with Gasteiger partial charge in [0.2, 0.25) is 0 Å². The molecule has 0 radical (unpaired) electrons. The lowest BCUT2D eigenvalue weighted by molar-refractivity contribution is -0.143.